The van der Waals surface area contributed by atoms with Crippen LogP contribution in [0.1, 0.15) is 38.3 Å². The summed E-state index contributed by atoms with van der Waals surface area (Å²) in [6.07, 6.45) is 4.68. The van der Waals surface area contributed by atoms with Gasteiger partial charge in [0.25, 0.3) is 0 Å². The number of carbonyl (C=O) groups is 1. The van der Waals surface area contributed by atoms with E-state index in [0.29, 0.717) is 16.4 Å². The van der Waals surface area contributed by atoms with Crippen LogP contribution in [0.25, 0.3) is 0 Å². The molecule has 8 heteroatoms. The Kier molecular flexibility index (Phi) is 7.41. The summed E-state index contributed by atoms with van der Waals surface area (Å²) in [6, 6.07) is 5.50. The number of nitrogens with zero attached hydrogens (tertiary/aromatic N) is 3. The standard InChI is InChI=1S/C19H26ClN5O2/c1-6-9-17(20)15(7-2)14(4)21-27-12-16-13(3)10-8-11-18(16)25-19(26)24(5)22-23-25/h7-11,22-23H,6,12H2,1-5H3/b15-7-,17-9+,21-14?. The van der Waals surface area contributed by atoms with Crippen LogP contribution in [0, 0.1) is 6.92 Å². The van der Waals surface area contributed by atoms with Gasteiger partial charge in [0.2, 0.25) is 0 Å². The van der Waals surface area contributed by atoms with Gasteiger partial charge in [-0.15, -0.1) is 11.1 Å². The second-order valence-corrected chi connectivity index (χ2v) is 6.49. The number of hydrogen-bond donors (Lipinski definition) is 2. The quantitative estimate of drug-likeness (QED) is 0.416. The summed E-state index contributed by atoms with van der Waals surface area (Å²) in [4.78, 5) is 17.8. The van der Waals surface area contributed by atoms with Gasteiger partial charge in [0.15, 0.2) is 0 Å². The monoisotopic (exact) mass is 391 g/mol. The number of aryl methyl sites for hydroxylation is 1. The molecule has 1 saturated heterocycles. The van der Waals surface area contributed by atoms with Gasteiger partial charge >= 0.3 is 6.03 Å². The molecule has 2 N–H and O–H groups in total. The SMILES string of the molecule is C/C=C(C(C)=NOCc1c(C)cccc1N1NNN(C)C1=O)\C(Cl)=C/CC. The summed E-state index contributed by atoms with van der Waals surface area (Å²) < 4.78 is 0. The average Bonchev–Trinajstić information content (AvgIpc) is 2.96. The molecule has 0 spiro atoms. The molecule has 1 heterocycles. The molecule has 0 bridgehead atoms. The first-order valence-electron chi connectivity index (χ1n) is 8.77. The zero-order chi connectivity index (χ0) is 20.0. The number of hydrogen-bond acceptors (Lipinski definition) is 5. The Morgan fingerprint density at radius 1 is 1.37 bits per heavy atom. The normalized spacial score (nSPS) is 16.4. The van der Waals surface area contributed by atoms with Gasteiger partial charge in [-0.1, -0.05) is 48.0 Å². The van der Waals surface area contributed by atoms with Gasteiger partial charge in [0, 0.05) is 23.2 Å². The summed E-state index contributed by atoms with van der Waals surface area (Å²) in [5.41, 5.74) is 9.68. The van der Waals surface area contributed by atoms with E-state index < -0.39 is 0 Å². The maximum Gasteiger partial charge on any atom is 0.355 e. The first-order valence-corrected chi connectivity index (χ1v) is 9.15. The lowest BCUT2D eigenvalue weighted by molar-refractivity contribution is 0.130. The highest BCUT2D eigenvalue weighted by molar-refractivity contribution is 6.35. The number of amides is 2. The molecule has 0 unspecified atom stereocenters. The number of benzene rings is 1. The van der Waals surface area contributed by atoms with E-state index in [-0.39, 0.29) is 12.6 Å². The Balaban J connectivity index is 2.19. The molecule has 27 heavy (non-hydrogen) atoms. The molecule has 2 rings (SSSR count). The fourth-order valence-electron chi connectivity index (χ4n) is 2.67. The molecular formula is C19H26ClN5O2. The zero-order valence-electron chi connectivity index (χ0n) is 16.3. The molecule has 7 nitrogen and oxygen atoms in total. The minimum atomic E-state index is -0.214. The molecule has 1 aromatic rings. The predicted molar refractivity (Wildman–Crippen MR) is 109 cm³/mol. The number of rotatable bonds is 7. The number of carbonyl (C=O) groups excluding carboxylic acids is 1. The van der Waals surface area contributed by atoms with Crippen LogP contribution in [0.3, 0.4) is 0 Å². The van der Waals surface area contributed by atoms with E-state index in [4.69, 9.17) is 16.4 Å². The second kappa shape index (κ2) is 9.55. The highest BCUT2D eigenvalue weighted by Crippen LogP contribution is 2.25. The molecule has 0 aliphatic carbocycles. The van der Waals surface area contributed by atoms with Gasteiger partial charge in [0.1, 0.15) is 6.61 Å². The van der Waals surface area contributed by atoms with E-state index in [1.54, 1.807) is 7.05 Å². The highest BCUT2D eigenvalue weighted by atomic mass is 35.5. The van der Waals surface area contributed by atoms with E-state index in [0.717, 1.165) is 23.1 Å². The fraction of sp³-hybridized carbons (Fsp3) is 0.368. The summed E-state index contributed by atoms with van der Waals surface area (Å²) >= 11 is 6.30. The van der Waals surface area contributed by atoms with Crippen molar-refractivity contribution in [3.63, 3.8) is 0 Å². The minimum Gasteiger partial charge on any atom is -0.391 e. The van der Waals surface area contributed by atoms with Crippen LogP contribution < -0.4 is 16.1 Å². The maximum absolute atomic E-state index is 12.2. The molecule has 1 fully saturated rings. The van der Waals surface area contributed by atoms with Crippen molar-refractivity contribution in [1.29, 1.82) is 0 Å². The third-order valence-electron chi connectivity index (χ3n) is 4.16. The van der Waals surface area contributed by atoms with Crippen molar-refractivity contribution in [1.82, 2.24) is 16.1 Å². The van der Waals surface area contributed by atoms with Gasteiger partial charge in [-0.3, -0.25) is 0 Å². The van der Waals surface area contributed by atoms with Crippen molar-refractivity contribution >= 4 is 29.0 Å². The largest absolute Gasteiger partial charge is 0.391 e. The number of oxime groups is 1. The third kappa shape index (κ3) is 4.88. The molecule has 0 radical (unpaired) electrons. The van der Waals surface area contributed by atoms with Gasteiger partial charge in [0.05, 0.1) is 11.4 Å². The molecular weight excluding hydrogens is 366 g/mol. The lowest BCUT2D eigenvalue weighted by Gasteiger charge is -2.19. The lowest BCUT2D eigenvalue weighted by Crippen LogP contribution is -2.38. The number of halogens is 1. The Labute approximate surface area is 165 Å². The molecule has 1 aliphatic heterocycles. The Morgan fingerprint density at radius 2 is 2.11 bits per heavy atom. The van der Waals surface area contributed by atoms with Crippen LogP contribution in [0.5, 0.6) is 0 Å². The number of hydrazine groups is 3. The predicted octanol–water partition coefficient (Wildman–Crippen LogP) is 4.16. The van der Waals surface area contributed by atoms with E-state index in [1.807, 2.05) is 58.0 Å². The first kappa shape index (κ1) is 21.0. The lowest BCUT2D eigenvalue weighted by atomic mass is 10.1. The van der Waals surface area contributed by atoms with Crippen molar-refractivity contribution in [3.8, 4) is 0 Å². The Bertz CT molecular complexity index is 788. The van der Waals surface area contributed by atoms with Gasteiger partial charge in [-0.2, -0.15) is 0 Å². The molecule has 0 aromatic heterocycles. The Hall–Kier alpha value is -2.35. The van der Waals surface area contributed by atoms with Crippen LogP contribution in [-0.2, 0) is 11.4 Å². The summed E-state index contributed by atoms with van der Waals surface area (Å²) in [6.45, 7) is 7.98. The van der Waals surface area contributed by atoms with Crippen LogP contribution in [0.2, 0.25) is 0 Å². The smallest absolute Gasteiger partial charge is 0.355 e. The van der Waals surface area contributed by atoms with E-state index in [2.05, 4.69) is 16.2 Å². The fourth-order valence-corrected chi connectivity index (χ4v) is 3.07. The maximum atomic E-state index is 12.2. The van der Waals surface area contributed by atoms with Crippen molar-refractivity contribution in [3.05, 3.63) is 52.1 Å². The summed E-state index contributed by atoms with van der Waals surface area (Å²) in [5, 5.41) is 7.65. The topological polar surface area (TPSA) is 69.2 Å². The summed E-state index contributed by atoms with van der Waals surface area (Å²) in [7, 11) is 1.64. The molecule has 1 aromatic carbocycles. The average molecular weight is 392 g/mol. The van der Waals surface area contributed by atoms with Gasteiger partial charge < -0.3 is 4.84 Å². The van der Waals surface area contributed by atoms with Crippen molar-refractivity contribution in [2.24, 2.45) is 5.16 Å². The van der Waals surface area contributed by atoms with Crippen LogP contribution in [0.4, 0.5) is 10.5 Å². The highest BCUT2D eigenvalue weighted by Gasteiger charge is 2.28. The number of allylic oxidation sites excluding steroid dienone is 4. The molecule has 1 aliphatic rings. The third-order valence-corrected chi connectivity index (χ3v) is 4.52. The van der Waals surface area contributed by atoms with E-state index in [9.17, 15) is 4.79 Å². The van der Waals surface area contributed by atoms with E-state index >= 15 is 0 Å². The minimum absolute atomic E-state index is 0.214. The van der Waals surface area contributed by atoms with Crippen LogP contribution >= 0.6 is 11.6 Å². The molecule has 0 saturated carbocycles. The number of anilines is 1. The van der Waals surface area contributed by atoms with Crippen molar-refractivity contribution in [2.45, 2.75) is 40.7 Å². The number of urea groups is 1. The molecule has 0 atom stereocenters. The van der Waals surface area contributed by atoms with E-state index in [1.165, 1.54) is 10.0 Å². The summed E-state index contributed by atoms with van der Waals surface area (Å²) in [5.74, 6) is 0. The van der Waals surface area contributed by atoms with Crippen LogP contribution in [0.15, 0.2) is 46.1 Å². The van der Waals surface area contributed by atoms with Crippen LogP contribution in [-0.4, -0.2) is 23.8 Å². The van der Waals surface area contributed by atoms with Gasteiger partial charge in [-0.25, -0.2) is 14.8 Å². The molecule has 2 amide bonds. The second-order valence-electron chi connectivity index (χ2n) is 6.09. The molecule has 146 valence electrons. The van der Waals surface area contributed by atoms with Crippen molar-refractivity contribution < 1.29 is 9.63 Å². The van der Waals surface area contributed by atoms with Crippen molar-refractivity contribution in [2.75, 3.05) is 12.1 Å². The Morgan fingerprint density at radius 3 is 2.70 bits per heavy atom. The first-order chi connectivity index (χ1) is 12.9. The number of nitrogens with one attached hydrogen (secondary N) is 2. The zero-order valence-corrected chi connectivity index (χ0v) is 17.1. The van der Waals surface area contributed by atoms with Gasteiger partial charge in [-0.05, 0) is 38.8 Å².